The number of hydrogen-bond acceptors (Lipinski definition) is 4. The molecule has 5 heteroatoms. The zero-order valence-corrected chi connectivity index (χ0v) is 12.5. The first kappa shape index (κ1) is 14.8. The highest BCUT2D eigenvalue weighted by Gasteiger charge is 2.30. The number of amides is 1. The third-order valence-electron chi connectivity index (χ3n) is 3.10. The van der Waals surface area contributed by atoms with E-state index in [0.29, 0.717) is 13.1 Å². The Balaban J connectivity index is 2.24. The van der Waals surface area contributed by atoms with Crippen molar-refractivity contribution >= 4 is 11.8 Å². The van der Waals surface area contributed by atoms with Gasteiger partial charge in [-0.3, -0.25) is 4.90 Å². The van der Waals surface area contributed by atoms with Gasteiger partial charge in [-0.2, -0.15) is 5.48 Å². The summed E-state index contributed by atoms with van der Waals surface area (Å²) in [7, 11) is 1.58. The maximum Gasteiger partial charge on any atom is 0.414 e. The molecule has 0 unspecified atom stereocenters. The minimum Gasteiger partial charge on any atom is -0.443 e. The summed E-state index contributed by atoms with van der Waals surface area (Å²) in [5.41, 5.74) is 5.49. The predicted molar refractivity (Wildman–Crippen MR) is 77.6 cm³/mol. The van der Waals surface area contributed by atoms with Crippen LogP contribution < -0.4 is 10.4 Å². The summed E-state index contributed by atoms with van der Waals surface area (Å²) in [6, 6.07) is 6.05. The van der Waals surface area contributed by atoms with Gasteiger partial charge in [-0.05, 0) is 38.3 Å². The number of ether oxygens (including phenoxy) is 1. The monoisotopic (exact) mass is 278 g/mol. The molecule has 0 aromatic heterocycles. The number of para-hydroxylation sites is 1. The number of nitrogens with zero attached hydrogens (tertiary/aromatic N) is 1. The average Bonchev–Trinajstić information content (AvgIpc) is 2.78. The SMILES string of the molecule is CONCc1cccc2c1N(C(=O)OC(C)(C)C)CC2. The van der Waals surface area contributed by atoms with Crippen LogP contribution in [-0.4, -0.2) is 25.3 Å². The molecule has 1 aromatic carbocycles. The lowest BCUT2D eigenvalue weighted by Gasteiger charge is -2.26. The molecule has 1 N–H and O–H groups in total. The fourth-order valence-corrected chi connectivity index (χ4v) is 2.33. The molecule has 1 heterocycles. The van der Waals surface area contributed by atoms with E-state index in [9.17, 15) is 4.79 Å². The molecule has 0 radical (unpaired) electrons. The molecule has 0 saturated heterocycles. The van der Waals surface area contributed by atoms with Gasteiger partial charge >= 0.3 is 6.09 Å². The average molecular weight is 278 g/mol. The zero-order valence-electron chi connectivity index (χ0n) is 12.5. The lowest BCUT2D eigenvalue weighted by Crippen LogP contribution is -2.36. The van der Waals surface area contributed by atoms with Crippen molar-refractivity contribution in [1.29, 1.82) is 0 Å². The number of nitrogens with one attached hydrogen (secondary N) is 1. The Morgan fingerprint density at radius 1 is 1.40 bits per heavy atom. The molecular formula is C15H22N2O3. The molecule has 110 valence electrons. The van der Waals surface area contributed by atoms with Crippen molar-refractivity contribution in [2.75, 3.05) is 18.6 Å². The Morgan fingerprint density at radius 3 is 2.80 bits per heavy atom. The van der Waals surface area contributed by atoms with Gasteiger partial charge in [0, 0.05) is 13.1 Å². The van der Waals surface area contributed by atoms with Crippen LogP contribution in [0.4, 0.5) is 10.5 Å². The summed E-state index contributed by atoms with van der Waals surface area (Å²) in [6.07, 6.45) is 0.566. The first-order chi connectivity index (χ1) is 9.42. The number of rotatable bonds is 3. The molecule has 0 fully saturated rings. The summed E-state index contributed by atoms with van der Waals surface area (Å²) in [5, 5.41) is 0. The molecule has 1 aliphatic rings. The van der Waals surface area contributed by atoms with Crippen LogP contribution >= 0.6 is 0 Å². The minimum atomic E-state index is -0.487. The second-order valence-corrected chi connectivity index (χ2v) is 5.83. The van der Waals surface area contributed by atoms with Crippen LogP contribution in [0.15, 0.2) is 18.2 Å². The van der Waals surface area contributed by atoms with Gasteiger partial charge in [0.2, 0.25) is 0 Å². The molecule has 2 rings (SSSR count). The number of carbonyl (C=O) groups excluding carboxylic acids is 1. The number of carbonyl (C=O) groups is 1. The fraction of sp³-hybridized carbons (Fsp3) is 0.533. The van der Waals surface area contributed by atoms with Crippen molar-refractivity contribution in [3.8, 4) is 0 Å². The highest BCUT2D eigenvalue weighted by atomic mass is 16.6. The van der Waals surface area contributed by atoms with Gasteiger partial charge in [0.25, 0.3) is 0 Å². The van der Waals surface area contributed by atoms with Crippen LogP contribution in [0.3, 0.4) is 0 Å². The van der Waals surface area contributed by atoms with Crippen molar-refractivity contribution in [3.05, 3.63) is 29.3 Å². The Kier molecular flexibility index (Phi) is 4.30. The highest BCUT2D eigenvalue weighted by molar-refractivity contribution is 5.91. The van der Waals surface area contributed by atoms with Gasteiger partial charge in [-0.15, -0.1) is 0 Å². The fourth-order valence-electron chi connectivity index (χ4n) is 2.33. The summed E-state index contributed by atoms with van der Waals surface area (Å²) >= 11 is 0. The Morgan fingerprint density at radius 2 is 2.15 bits per heavy atom. The largest absolute Gasteiger partial charge is 0.443 e. The van der Waals surface area contributed by atoms with Crippen molar-refractivity contribution in [2.24, 2.45) is 0 Å². The molecule has 0 bridgehead atoms. The second-order valence-electron chi connectivity index (χ2n) is 5.83. The number of hydroxylamine groups is 1. The van der Waals surface area contributed by atoms with Gasteiger partial charge in [0.15, 0.2) is 0 Å². The van der Waals surface area contributed by atoms with Gasteiger partial charge in [0.1, 0.15) is 5.60 Å². The third kappa shape index (κ3) is 3.29. The topological polar surface area (TPSA) is 50.8 Å². The maximum atomic E-state index is 12.3. The van der Waals surface area contributed by atoms with Crippen LogP contribution in [0.25, 0.3) is 0 Å². The van der Waals surface area contributed by atoms with Crippen molar-refractivity contribution in [2.45, 2.75) is 39.3 Å². The maximum absolute atomic E-state index is 12.3. The quantitative estimate of drug-likeness (QED) is 0.864. The summed E-state index contributed by atoms with van der Waals surface area (Å²) in [5.74, 6) is 0. The zero-order chi connectivity index (χ0) is 14.8. The normalized spacial score (nSPS) is 14.3. The number of anilines is 1. The van der Waals surface area contributed by atoms with Crippen molar-refractivity contribution < 1.29 is 14.4 Å². The van der Waals surface area contributed by atoms with Gasteiger partial charge < -0.3 is 9.57 Å². The lowest BCUT2D eigenvalue weighted by molar-refractivity contribution is 0.0582. The third-order valence-corrected chi connectivity index (χ3v) is 3.10. The van der Waals surface area contributed by atoms with E-state index < -0.39 is 5.60 Å². The summed E-state index contributed by atoms with van der Waals surface area (Å²) in [6.45, 7) is 6.84. The van der Waals surface area contributed by atoms with E-state index in [0.717, 1.165) is 17.7 Å². The minimum absolute atomic E-state index is 0.291. The van der Waals surface area contributed by atoms with E-state index in [1.54, 1.807) is 12.0 Å². The molecule has 0 aliphatic carbocycles. The van der Waals surface area contributed by atoms with Crippen LogP contribution in [-0.2, 0) is 22.5 Å². The molecular weight excluding hydrogens is 256 g/mol. The van der Waals surface area contributed by atoms with Crippen LogP contribution in [0.1, 0.15) is 31.9 Å². The Labute approximate surface area is 119 Å². The van der Waals surface area contributed by atoms with Crippen LogP contribution in [0.5, 0.6) is 0 Å². The number of benzene rings is 1. The highest BCUT2D eigenvalue weighted by Crippen LogP contribution is 2.33. The van der Waals surface area contributed by atoms with E-state index in [4.69, 9.17) is 9.57 Å². The Hall–Kier alpha value is -1.59. The first-order valence-electron chi connectivity index (χ1n) is 6.79. The predicted octanol–water partition coefficient (Wildman–Crippen LogP) is 2.64. The Bertz CT molecular complexity index is 494. The number of fused-ring (bicyclic) bond motifs is 1. The molecule has 0 saturated carbocycles. The van der Waals surface area contributed by atoms with Gasteiger partial charge in [-0.25, -0.2) is 4.79 Å². The molecule has 0 atom stereocenters. The van der Waals surface area contributed by atoms with E-state index in [1.165, 1.54) is 5.56 Å². The van der Waals surface area contributed by atoms with E-state index in [-0.39, 0.29) is 6.09 Å². The lowest BCUT2D eigenvalue weighted by atomic mass is 10.1. The first-order valence-corrected chi connectivity index (χ1v) is 6.79. The molecule has 1 aliphatic heterocycles. The van der Waals surface area contributed by atoms with Gasteiger partial charge in [-0.1, -0.05) is 18.2 Å². The van der Waals surface area contributed by atoms with E-state index >= 15 is 0 Å². The second kappa shape index (κ2) is 5.81. The van der Waals surface area contributed by atoms with E-state index in [1.807, 2.05) is 32.9 Å². The van der Waals surface area contributed by atoms with Crippen LogP contribution in [0.2, 0.25) is 0 Å². The standard InChI is InChI=1S/C15H22N2O3/c1-15(2,3)20-14(18)17-9-8-11-6-5-7-12(13(11)17)10-16-19-4/h5-7,16H,8-10H2,1-4H3. The van der Waals surface area contributed by atoms with Crippen molar-refractivity contribution in [1.82, 2.24) is 5.48 Å². The van der Waals surface area contributed by atoms with Gasteiger partial charge in [0.05, 0.1) is 12.8 Å². The summed E-state index contributed by atoms with van der Waals surface area (Å²) < 4.78 is 5.47. The molecule has 0 spiro atoms. The molecule has 20 heavy (non-hydrogen) atoms. The van der Waals surface area contributed by atoms with E-state index in [2.05, 4.69) is 11.5 Å². The molecule has 5 nitrogen and oxygen atoms in total. The smallest absolute Gasteiger partial charge is 0.414 e. The summed E-state index contributed by atoms with van der Waals surface area (Å²) in [4.78, 5) is 18.9. The number of hydrogen-bond donors (Lipinski definition) is 1. The van der Waals surface area contributed by atoms with Crippen molar-refractivity contribution in [3.63, 3.8) is 0 Å². The van der Waals surface area contributed by atoms with Crippen LogP contribution in [0, 0.1) is 0 Å². The molecule has 1 amide bonds. The molecule has 1 aromatic rings.